The molecule has 0 N–H and O–H groups in total. The van der Waals surface area contributed by atoms with Crippen LogP contribution in [0.25, 0.3) is 0 Å². The number of hydrogen-bond donors (Lipinski definition) is 0. The van der Waals surface area contributed by atoms with Crippen LogP contribution in [0, 0.1) is 0 Å². The predicted octanol–water partition coefficient (Wildman–Crippen LogP) is 1.60. The Balaban J connectivity index is 2.14. The van der Waals surface area contributed by atoms with Crippen LogP contribution in [0.5, 0.6) is 0 Å². The van der Waals surface area contributed by atoms with Gasteiger partial charge in [0.1, 0.15) is 0 Å². The van der Waals surface area contributed by atoms with E-state index < -0.39 is 7.28 Å². The fourth-order valence-corrected chi connectivity index (χ4v) is 6.19. The van der Waals surface area contributed by atoms with Gasteiger partial charge in [-0.15, -0.1) is 0 Å². The van der Waals surface area contributed by atoms with Gasteiger partial charge in [-0.3, -0.25) is 0 Å². The fourth-order valence-electron chi connectivity index (χ4n) is 2.29. The van der Waals surface area contributed by atoms with E-state index in [0.29, 0.717) is 25.8 Å². The Bertz CT molecular complexity index is 425. The molecule has 0 aliphatic carbocycles. The summed E-state index contributed by atoms with van der Waals surface area (Å²) in [5.74, 6) is -0.219. The van der Waals surface area contributed by atoms with Crippen molar-refractivity contribution in [3.63, 3.8) is 0 Å². The molecule has 2 aliphatic rings. The molecule has 4 nitrogen and oxygen atoms in total. The zero-order chi connectivity index (χ0) is 11.1. The van der Waals surface area contributed by atoms with Gasteiger partial charge in [-0.2, -0.15) is 0 Å². The molecule has 2 heterocycles. The Morgan fingerprint density at radius 1 is 1.06 bits per heavy atom. The molecule has 1 aromatic carbocycles. The molecule has 0 bridgehead atoms. The first-order chi connectivity index (χ1) is 7.73. The second-order valence-corrected chi connectivity index (χ2v) is 7.73. The zero-order valence-corrected chi connectivity index (χ0v) is 9.69. The van der Waals surface area contributed by atoms with E-state index in [-0.39, 0.29) is 5.97 Å². The van der Waals surface area contributed by atoms with Gasteiger partial charge in [-0.1, -0.05) is 0 Å². The third kappa shape index (κ3) is 1.24. The molecule has 0 amide bonds. The monoisotopic (exact) mass is 240 g/mol. The molecular formula is C11H13O4P. The van der Waals surface area contributed by atoms with Crippen LogP contribution in [0.15, 0.2) is 30.3 Å². The maximum absolute atomic E-state index is 11.4. The first-order valence-corrected chi connectivity index (χ1v) is 7.51. The van der Waals surface area contributed by atoms with Crippen molar-refractivity contribution >= 4 is 18.6 Å². The average molecular weight is 240 g/mol. The molecule has 16 heavy (non-hydrogen) atoms. The van der Waals surface area contributed by atoms with Crippen LogP contribution >= 0.6 is 7.28 Å². The molecule has 5 heteroatoms. The Morgan fingerprint density at radius 2 is 1.75 bits per heavy atom. The maximum atomic E-state index is 11.4. The van der Waals surface area contributed by atoms with Crippen molar-refractivity contribution in [2.45, 2.75) is 6.42 Å². The Hall–Kier alpha value is -0.960. The number of carbonyl (C=O) groups is 1. The molecule has 0 radical (unpaired) electrons. The van der Waals surface area contributed by atoms with E-state index in [2.05, 4.69) is 0 Å². The van der Waals surface area contributed by atoms with Crippen LogP contribution in [0.2, 0.25) is 0 Å². The van der Waals surface area contributed by atoms with Crippen LogP contribution in [0.1, 0.15) is 6.42 Å². The topological polar surface area (TPSA) is 44.8 Å². The third-order valence-corrected chi connectivity index (χ3v) is 7.31. The first kappa shape index (κ1) is 10.2. The van der Waals surface area contributed by atoms with Gasteiger partial charge < -0.3 is 0 Å². The van der Waals surface area contributed by atoms with Gasteiger partial charge in [-0.25, -0.2) is 0 Å². The van der Waals surface area contributed by atoms with E-state index in [0.717, 1.165) is 5.30 Å². The summed E-state index contributed by atoms with van der Waals surface area (Å²) in [6, 6.07) is 9.58. The molecule has 86 valence electrons. The SMILES string of the molecule is O=C1CCP2(c3ccccc3)(OCCO2)O1. The van der Waals surface area contributed by atoms with Crippen LogP contribution in [0.3, 0.4) is 0 Å². The summed E-state index contributed by atoms with van der Waals surface area (Å²) in [5, 5.41) is 0.886. The van der Waals surface area contributed by atoms with Crippen LogP contribution < -0.4 is 5.30 Å². The van der Waals surface area contributed by atoms with Gasteiger partial charge in [0.15, 0.2) is 0 Å². The molecule has 0 saturated carbocycles. The number of rotatable bonds is 1. The molecule has 1 aromatic rings. The van der Waals surface area contributed by atoms with Gasteiger partial charge in [0.05, 0.1) is 0 Å². The minimum atomic E-state index is -3.29. The second-order valence-electron chi connectivity index (χ2n) is 3.98. The number of carbonyl (C=O) groups excluding carboxylic acids is 1. The number of benzene rings is 1. The summed E-state index contributed by atoms with van der Waals surface area (Å²) in [6.45, 7) is 1.000. The van der Waals surface area contributed by atoms with Crippen molar-refractivity contribution in [2.24, 2.45) is 0 Å². The summed E-state index contributed by atoms with van der Waals surface area (Å²) in [6.07, 6.45) is 0.932. The molecule has 2 aliphatic heterocycles. The molecule has 1 spiro atoms. The summed E-state index contributed by atoms with van der Waals surface area (Å²) < 4.78 is 17.2. The van der Waals surface area contributed by atoms with Crippen molar-refractivity contribution in [3.05, 3.63) is 30.3 Å². The summed E-state index contributed by atoms with van der Waals surface area (Å²) in [4.78, 5) is 11.4. The van der Waals surface area contributed by atoms with Gasteiger partial charge in [-0.05, 0) is 0 Å². The predicted molar refractivity (Wildman–Crippen MR) is 60.5 cm³/mol. The fraction of sp³-hybridized carbons (Fsp3) is 0.364. The number of hydrogen-bond acceptors (Lipinski definition) is 4. The van der Waals surface area contributed by atoms with Crippen molar-refractivity contribution in [2.75, 3.05) is 19.4 Å². The van der Waals surface area contributed by atoms with E-state index in [9.17, 15) is 4.79 Å². The van der Waals surface area contributed by atoms with E-state index in [1.807, 2.05) is 30.3 Å². The van der Waals surface area contributed by atoms with Crippen LogP contribution in [-0.2, 0) is 18.4 Å². The normalized spacial score (nSPS) is 28.5. The second kappa shape index (κ2) is 3.27. The van der Waals surface area contributed by atoms with E-state index >= 15 is 0 Å². The molecule has 2 fully saturated rings. The molecule has 0 atom stereocenters. The summed E-state index contributed by atoms with van der Waals surface area (Å²) in [5.41, 5.74) is 0. The van der Waals surface area contributed by atoms with Crippen molar-refractivity contribution in [1.29, 1.82) is 0 Å². The van der Waals surface area contributed by atoms with Gasteiger partial charge in [0.2, 0.25) is 0 Å². The van der Waals surface area contributed by atoms with Gasteiger partial charge in [0.25, 0.3) is 0 Å². The summed E-state index contributed by atoms with van der Waals surface area (Å²) >= 11 is 0. The van der Waals surface area contributed by atoms with E-state index in [1.54, 1.807) is 0 Å². The Morgan fingerprint density at radius 3 is 2.31 bits per heavy atom. The molecule has 0 aromatic heterocycles. The molecule has 0 unspecified atom stereocenters. The molecule has 3 rings (SSSR count). The van der Waals surface area contributed by atoms with Crippen molar-refractivity contribution in [1.82, 2.24) is 0 Å². The van der Waals surface area contributed by atoms with Gasteiger partial charge >= 0.3 is 93.1 Å². The average Bonchev–Trinajstić information content (AvgIpc) is 2.89. The third-order valence-electron chi connectivity index (χ3n) is 3.03. The standard InChI is InChI=1S/C11H13O4P/c12-11-6-9-16(15-11,13-7-8-14-16)10-4-2-1-3-5-10/h1-5H,6-9H2. The summed E-state index contributed by atoms with van der Waals surface area (Å²) in [7, 11) is -3.29. The van der Waals surface area contributed by atoms with Crippen molar-refractivity contribution < 1.29 is 18.4 Å². The quantitative estimate of drug-likeness (QED) is 0.699. The van der Waals surface area contributed by atoms with Crippen molar-refractivity contribution in [3.8, 4) is 0 Å². The first-order valence-electron chi connectivity index (χ1n) is 5.34. The molecular weight excluding hydrogens is 227 g/mol. The Kier molecular flexibility index (Phi) is 2.08. The zero-order valence-electron chi connectivity index (χ0n) is 8.80. The van der Waals surface area contributed by atoms with Gasteiger partial charge in [0, 0.05) is 0 Å². The van der Waals surface area contributed by atoms with E-state index in [4.69, 9.17) is 13.6 Å². The molecule has 2 saturated heterocycles. The van der Waals surface area contributed by atoms with Crippen LogP contribution in [-0.4, -0.2) is 25.3 Å². The van der Waals surface area contributed by atoms with Crippen LogP contribution in [0.4, 0.5) is 0 Å². The Labute approximate surface area is 93.7 Å². The minimum absolute atomic E-state index is 0.219. The van der Waals surface area contributed by atoms with E-state index in [1.165, 1.54) is 0 Å².